The SMILES string of the molecule is CC/C=C(\F)c1cc(/C(=C(\CC(F)(F)F)c2ccccc2)c2ccc(OC3CCCN(C/C=C/C(=O)NC)C3)nc2)ccc1N. The van der Waals surface area contributed by atoms with E-state index in [9.17, 15) is 22.4 Å². The zero-order chi connectivity index (χ0) is 32.4. The Hall–Kier alpha value is -4.44. The average Bonchev–Trinajstić information content (AvgIpc) is 3.02. The van der Waals surface area contributed by atoms with Crippen molar-refractivity contribution in [1.82, 2.24) is 15.2 Å². The van der Waals surface area contributed by atoms with Crippen LogP contribution in [0.25, 0.3) is 17.0 Å². The monoisotopic (exact) mass is 622 g/mol. The number of nitrogen functional groups attached to an aromatic ring is 1. The number of hydrogen-bond donors (Lipinski definition) is 2. The smallest absolute Gasteiger partial charge is 0.393 e. The van der Waals surface area contributed by atoms with Gasteiger partial charge in [-0.15, -0.1) is 0 Å². The topological polar surface area (TPSA) is 80.5 Å². The number of pyridine rings is 1. The molecule has 45 heavy (non-hydrogen) atoms. The van der Waals surface area contributed by atoms with Crippen molar-refractivity contribution in [2.45, 2.75) is 44.9 Å². The van der Waals surface area contributed by atoms with Gasteiger partial charge in [-0.25, -0.2) is 9.37 Å². The minimum absolute atomic E-state index is 0.0295. The van der Waals surface area contributed by atoms with E-state index in [-0.39, 0.29) is 34.4 Å². The molecule has 0 radical (unpaired) electrons. The first kappa shape index (κ1) is 33.5. The van der Waals surface area contributed by atoms with Gasteiger partial charge in [-0.3, -0.25) is 9.69 Å². The number of hydrogen-bond acceptors (Lipinski definition) is 5. The second kappa shape index (κ2) is 15.5. The van der Waals surface area contributed by atoms with Crippen LogP contribution in [0.2, 0.25) is 0 Å². The van der Waals surface area contributed by atoms with E-state index in [4.69, 9.17) is 10.5 Å². The van der Waals surface area contributed by atoms with Crippen molar-refractivity contribution in [2.75, 3.05) is 32.4 Å². The van der Waals surface area contributed by atoms with E-state index in [2.05, 4.69) is 15.2 Å². The van der Waals surface area contributed by atoms with Gasteiger partial charge in [0.15, 0.2) is 0 Å². The summed E-state index contributed by atoms with van der Waals surface area (Å²) in [6.45, 7) is 3.90. The normalized spacial score (nSPS) is 16.8. The number of halogens is 4. The summed E-state index contributed by atoms with van der Waals surface area (Å²) in [4.78, 5) is 18.1. The average molecular weight is 623 g/mol. The Morgan fingerprint density at radius 3 is 2.53 bits per heavy atom. The van der Waals surface area contributed by atoms with Crippen LogP contribution in [0.5, 0.6) is 5.88 Å². The number of likely N-dealkylation sites (N-methyl/N-ethyl adjacent to an activating group) is 1. The van der Waals surface area contributed by atoms with Gasteiger partial charge in [0.05, 0.1) is 6.42 Å². The number of rotatable bonds is 11. The summed E-state index contributed by atoms with van der Waals surface area (Å²) in [6.07, 6.45) is 2.47. The predicted octanol–water partition coefficient (Wildman–Crippen LogP) is 7.44. The number of nitrogens with one attached hydrogen (secondary N) is 1. The Balaban J connectivity index is 1.71. The Morgan fingerprint density at radius 1 is 1.11 bits per heavy atom. The van der Waals surface area contributed by atoms with E-state index in [1.165, 1.54) is 30.5 Å². The number of allylic oxidation sites excluding steroid dienone is 2. The lowest BCUT2D eigenvalue weighted by molar-refractivity contribution is -0.123. The molecule has 4 rings (SSSR count). The highest BCUT2D eigenvalue weighted by atomic mass is 19.4. The van der Waals surface area contributed by atoms with Gasteiger partial charge in [0.1, 0.15) is 11.9 Å². The van der Waals surface area contributed by atoms with Crippen molar-refractivity contribution in [3.05, 3.63) is 107 Å². The first-order valence-electron chi connectivity index (χ1n) is 14.9. The fourth-order valence-electron chi connectivity index (χ4n) is 5.33. The number of ether oxygens (including phenoxy) is 1. The minimum atomic E-state index is -4.51. The standard InChI is InChI=1S/C35H38F4N4O2/c1-3-9-30(36)28-20-25(14-16-31(28)40)34(29(21-35(37,38)39)24-10-5-4-6-11-24)26-15-17-33(42-22-26)45-27-12-7-18-43(23-27)19-8-13-32(44)41-2/h4-6,8-11,13-17,20,22,27H,3,7,12,18-19,21,23,40H2,1-2H3,(H,41,44)/b13-8+,30-9-,34-29-. The van der Waals surface area contributed by atoms with Crippen LogP contribution in [0.3, 0.4) is 0 Å². The van der Waals surface area contributed by atoms with Crippen LogP contribution in [-0.4, -0.2) is 54.8 Å². The molecular formula is C35H38F4N4O2. The molecule has 2 heterocycles. The Labute approximate surface area is 261 Å². The van der Waals surface area contributed by atoms with Crippen LogP contribution in [-0.2, 0) is 4.79 Å². The molecule has 2 aromatic carbocycles. The van der Waals surface area contributed by atoms with Gasteiger partial charge in [0, 0.05) is 55.3 Å². The van der Waals surface area contributed by atoms with Crippen LogP contribution >= 0.6 is 0 Å². The molecule has 3 aromatic rings. The van der Waals surface area contributed by atoms with E-state index in [0.29, 0.717) is 42.1 Å². The second-order valence-electron chi connectivity index (χ2n) is 10.8. The number of carbonyl (C=O) groups excluding carboxylic acids is 1. The highest BCUT2D eigenvalue weighted by Gasteiger charge is 2.32. The minimum Gasteiger partial charge on any atom is -0.473 e. The third-order valence-electron chi connectivity index (χ3n) is 7.44. The molecule has 3 N–H and O–H groups in total. The number of likely N-dealkylation sites (tertiary alicyclic amines) is 1. The zero-order valence-electron chi connectivity index (χ0n) is 25.4. The molecule has 0 spiro atoms. The predicted molar refractivity (Wildman–Crippen MR) is 171 cm³/mol. The fraction of sp³-hybridized carbons (Fsp3) is 0.314. The van der Waals surface area contributed by atoms with E-state index in [0.717, 1.165) is 19.4 Å². The molecule has 238 valence electrons. The van der Waals surface area contributed by atoms with E-state index >= 15 is 0 Å². The first-order valence-corrected chi connectivity index (χ1v) is 14.9. The van der Waals surface area contributed by atoms with Gasteiger partial charge >= 0.3 is 6.18 Å². The fourth-order valence-corrected chi connectivity index (χ4v) is 5.33. The van der Waals surface area contributed by atoms with Gasteiger partial charge in [-0.05, 0) is 72.4 Å². The third kappa shape index (κ3) is 9.52. The number of benzene rings is 2. The van der Waals surface area contributed by atoms with Crippen molar-refractivity contribution in [1.29, 1.82) is 0 Å². The summed E-state index contributed by atoms with van der Waals surface area (Å²) in [5, 5.41) is 2.55. The number of aromatic nitrogens is 1. The summed E-state index contributed by atoms with van der Waals surface area (Å²) in [5.74, 6) is -0.361. The lowest BCUT2D eigenvalue weighted by atomic mass is 9.87. The largest absolute Gasteiger partial charge is 0.473 e. The quantitative estimate of drug-likeness (QED) is 0.101. The molecule has 1 fully saturated rings. The summed E-state index contributed by atoms with van der Waals surface area (Å²) >= 11 is 0. The molecule has 1 unspecified atom stereocenters. The highest BCUT2D eigenvalue weighted by Crippen LogP contribution is 2.40. The van der Waals surface area contributed by atoms with Crippen molar-refractivity contribution in [2.24, 2.45) is 0 Å². The number of amides is 1. The van der Waals surface area contributed by atoms with E-state index in [1.54, 1.807) is 68.6 Å². The van der Waals surface area contributed by atoms with E-state index in [1.807, 2.05) is 0 Å². The van der Waals surface area contributed by atoms with Crippen LogP contribution < -0.4 is 15.8 Å². The maximum Gasteiger partial charge on any atom is 0.393 e. The van der Waals surface area contributed by atoms with Crippen molar-refractivity contribution >= 4 is 28.6 Å². The molecule has 1 aliphatic heterocycles. The van der Waals surface area contributed by atoms with Crippen LogP contribution in [0.15, 0.2) is 85.1 Å². The second-order valence-corrected chi connectivity index (χ2v) is 10.8. The lowest BCUT2D eigenvalue weighted by Gasteiger charge is -2.31. The molecular weight excluding hydrogens is 584 g/mol. The molecule has 0 saturated carbocycles. The summed E-state index contributed by atoms with van der Waals surface area (Å²) in [6, 6.07) is 16.3. The zero-order valence-corrected chi connectivity index (χ0v) is 25.4. The summed E-state index contributed by atoms with van der Waals surface area (Å²) in [7, 11) is 1.57. The summed E-state index contributed by atoms with van der Waals surface area (Å²) < 4.78 is 63.3. The molecule has 6 nitrogen and oxygen atoms in total. The molecule has 1 aliphatic rings. The molecule has 1 saturated heterocycles. The molecule has 1 aromatic heterocycles. The lowest BCUT2D eigenvalue weighted by Crippen LogP contribution is -2.41. The van der Waals surface area contributed by atoms with E-state index < -0.39 is 18.4 Å². The maximum atomic E-state index is 15.0. The number of nitrogens with two attached hydrogens (primary N) is 1. The number of carbonyl (C=O) groups is 1. The molecule has 1 amide bonds. The van der Waals surface area contributed by atoms with Crippen LogP contribution in [0, 0.1) is 0 Å². The van der Waals surface area contributed by atoms with Gasteiger partial charge in [0.25, 0.3) is 0 Å². The Morgan fingerprint density at radius 2 is 1.87 bits per heavy atom. The highest BCUT2D eigenvalue weighted by molar-refractivity contribution is 5.99. The third-order valence-corrected chi connectivity index (χ3v) is 7.44. The molecule has 0 aliphatic carbocycles. The maximum absolute atomic E-state index is 15.0. The van der Waals surface area contributed by atoms with Gasteiger partial charge in [-0.2, -0.15) is 13.2 Å². The number of piperidine rings is 1. The van der Waals surface area contributed by atoms with Crippen molar-refractivity contribution in [3.63, 3.8) is 0 Å². The van der Waals surface area contributed by atoms with Gasteiger partial charge < -0.3 is 15.8 Å². The molecule has 10 heteroatoms. The van der Waals surface area contributed by atoms with Crippen molar-refractivity contribution in [3.8, 4) is 5.88 Å². The first-order chi connectivity index (χ1) is 21.6. The molecule has 1 atom stereocenters. The Kier molecular flexibility index (Phi) is 11.5. The van der Waals surface area contributed by atoms with Gasteiger partial charge in [0.2, 0.25) is 11.8 Å². The van der Waals surface area contributed by atoms with Crippen molar-refractivity contribution < 1.29 is 27.1 Å². The number of anilines is 1. The number of nitrogens with zero attached hydrogens (tertiary/aromatic N) is 2. The summed E-state index contributed by atoms with van der Waals surface area (Å²) in [5.41, 5.74) is 7.88. The van der Waals surface area contributed by atoms with Gasteiger partial charge in [-0.1, -0.05) is 49.4 Å². The Bertz CT molecular complexity index is 1530. The van der Waals surface area contributed by atoms with Crippen LogP contribution in [0.1, 0.15) is 54.9 Å². The molecule has 0 bridgehead atoms. The number of alkyl halides is 3. The van der Waals surface area contributed by atoms with Crippen LogP contribution in [0.4, 0.5) is 23.2 Å².